The van der Waals surface area contributed by atoms with E-state index in [1.807, 2.05) is 0 Å². The zero-order valence-electron chi connectivity index (χ0n) is 13.1. The predicted molar refractivity (Wildman–Crippen MR) is 82.1 cm³/mol. The summed E-state index contributed by atoms with van der Waals surface area (Å²) < 4.78 is 6.41. The zero-order chi connectivity index (χ0) is 13.8. The minimum atomic E-state index is 0.296. The van der Waals surface area contributed by atoms with Crippen LogP contribution in [0.3, 0.4) is 0 Å². The quantitative estimate of drug-likeness (QED) is 0.822. The van der Waals surface area contributed by atoms with Gasteiger partial charge in [-0.25, -0.2) is 0 Å². The van der Waals surface area contributed by atoms with Gasteiger partial charge >= 0.3 is 0 Å². The molecule has 0 aromatic rings. The van der Waals surface area contributed by atoms with E-state index in [4.69, 9.17) is 4.74 Å². The van der Waals surface area contributed by atoms with E-state index in [1.165, 1.54) is 64.7 Å². The van der Waals surface area contributed by atoms with E-state index >= 15 is 0 Å². The maximum atomic E-state index is 6.41. The molecule has 1 unspecified atom stereocenters. The number of rotatable bonds is 5. The molecule has 1 aliphatic carbocycles. The minimum Gasteiger partial charge on any atom is -0.370 e. The third kappa shape index (κ3) is 3.73. The lowest BCUT2D eigenvalue weighted by molar-refractivity contribution is -0.0455. The van der Waals surface area contributed by atoms with Gasteiger partial charge < -0.3 is 15.0 Å². The smallest absolute Gasteiger partial charge is 0.0710 e. The van der Waals surface area contributed by atoms with Crippen molar-refractivity contribution in [1.29, 1.82) is 0 Å². The molecule has 3 fully saturated rings. The van der Waals surface area contributed by atoms with Crippen molar-refractivity contribution in [3.05, 3.63) is 0 Å². The van der Waals surface area contributed by atoms with E-state index in [1.54, 1.807) is 0 Å². The second-order valence-corrected chi connectivity index (χ2v) is 7.02. The first-order chi connectivity index (χ1) is 9.76. The highest BCUT2D eigenvalue weighted by molar-refractivity contribution is 4.93. The molecule has 4 heteroatoms. The van der Waals surface area contributed by atoms with Crippen LogP contribution in [0.25, 0.3) is 0 Å². The lowest BCUT2D eigenvalue weighted by Gasteiger charge is -2.30. The van der Waals surface area contributed by atoms with Crippen molar-refractivity contribution in [2.45, 2.75) is 50.2 Å². The van der Waals surface area contributed by atoms with Crippen molar-refractivity contribution < 1.29 is 4.74 Å². The topological polar surface area (TPSA) is 27.7 Å². The molecule has 20 heavy (non-hydrogen) atoms. The summed E-state index contributed by atoms with van der Waals surface area (Å²) in [5, 5.41) is 3.41. The highest BCUT2D eigenvalue weighted by Gasteiger charge is 2.42. The van der Waals surface area contributed by atoms with E-state index in [-0.39, 0.29) is 0 Å². The number of hydrogen-bond donors (Lipinski definition) is 1. The Bertz CT molecular complexity index is 298. The molecule has 2 heterocycles. The third-order valence-electron chi connectivity index (χ3n) is 5.38. The molecule has 3 aliphatic rings. The first-order valence-corrected chi connectivity index (χ1v) is 8.55. The molecule has 1 N–H and O–H groups in total. The fraction of sp³-hybridized carbons (Fsp3) is 1.00. The number of piperazine rings is 1. The molecule has 0 radical (unpaired) electrons. The van der Waals surface area contributed by atoms with Gasteiger partial charge in [-0.2, -0.15) is 0 Å². The molecule has 1 spiro atoms. The van der Waals surface area contributed by atoms with Crippen LogP contribution in [-0.4, -0.2) is 74.4 Å². The van der Waals surface area contributed by atoms with Crippen molar-refractivity contribution in [1.82, 2.24) is 15.1 Å². The van der Waals surface area contributed by atoms with Crippen LogP contribution < -0.4 is 5.32 Å². The Morgan fingerprint density at radius 2 is 1.95 bits per heavy atom. The Morgan fingerprint density at radius 1 is 1.20 bits per heavy atom. The van der Waals surface area contributed by atoms with Gasteiger partial charge in [0.25, 0.3) is 0 Å². The monoisotopic (exact) mass is 281 g/mol. The van der Waals surface area contributed by atoms with Gasteiger partial charge in [0.05, 0.1) is 11.7 Å². The number of nitrogens with one attached hydrogen (secondary N) is 1. The molecule has 0 aromatic heterocycles. The molecule has 3 rings (SSSR count). The van der Waals surface area contributed by atoms with Crippen LogP contribution >= 0.6 is 0 Å². The maximum Gasteiger partial charge on any atom is 0.0710 e. The number of nitrogens with zero attached hydrogens (tertiary/aromatic N) is 2. The summed E-state index contributed by atoms with van der Waals surface area (Å²) in [6.45, 7) is 8.21. The van der Waals surface area contributed by atoms with Crippen LogP contribution in [0.5, 0.6) is 0 Å². The van der Waals surface area contributed by atoms with Crippen molar-refractivity contribution >= 4 is 0 Å². The van der Waals surface area contributed by atoms with Crippen LogP contribution in [0.4, 0.5) is 0 Å². The van der Waals surface area contributed by atoms with Crippen LogP contribution in [-0.2, 0) is 4.74 Å². The summed E-state index contributed by atoms with van der Waals surface area (Å²) in [7, 11) is 2.26. The molecular formula is C16H31N3O. The average molecular weight is 281 g/mol. The van der Waals surface area contributed by atoms with Crippen molar-refractivity contribution in [3.63, 3.8) is 0 Å². The van der Waals surface area contributed by atoms with Crippen LogP contribution in [0.15, 0.2) is 0 Å². The van der Waals surface area contributed by atoms with Crippen molar-refractivity contribution in [3.8, 4) is 0 Å². The molecule has 0 aromatic carbocycles. The fourth-order valence-electron chi connectivity index (χ4n) is 4.10. The number of ether oxygens (including phenoxy) is 1. The van der Waals surface area contributed by atoms with Gasteiger partial charge in [0.15, 0.2) is 0 Å². The van der Waals surface area contributed by atoms with Crippen LogP contribution in [0.2, 0.25) is 0 Å². The molecular weight excluding hydrogens is 250 g/mol. The molecule has 1 saturated carbocycles. The predicted octanol–water partition coefficient (Wildman–Crippen LogP) is 1.32. The molecule has 0 amide bonds. The molecule has 0 bridgehead atoms. The van der Waals surface area contributed by atoms with Gasteiger partial charge in [-0.1, -0.05) is 12.8 Å². The summed E-state index contributed by atoms with van der Waals surface area (Å²) >= 11 is 0. The Morgan fingerprint density at radius 3 is 2.70 bits per heavy atom. The molecule has 116 valence electrons. The van der Waals surface area contributed by atoms with Crippen molar-refractivity contribution in [2.24, 2.45) is 0 Å². The van der Waals surface area contributed by atoms with Gasteiger partial charge in [-0.05, 0) is 32.7 Å². The standard InChI is InChI=1S/C16H31N3O/c1-18(12-13-19-10-8-17-9-11-19)14-15-4-7-16(20-15)5-2-3-6-16/h15,17H,2-14H2,1H3. The SMILES string of the molecule is CN(CCN1CCNCC1)CC1CCC2(CCCC2)O1. The average Bonchev–Trinajstić information content (AvgIpc) is 3.09. The summed E-state index contributed by atoms with van der Waals surface area (Å²) in [5.74, 6) is 0. The van der Waals surface area contributed by atoms with Gasteiger partial charge in [0.1, 0.15) is 0 Å². The van der Waals surface area contributed by atoms with Crippen LogP contribution in [0, 0.1) is 0 Å². The minimum absolute atomic E-state index is 0.296. The Hall–Kier alpha value is -0.160. The lowest BCUT2D eigenvalue weighted by Crippen LogP contribution is -2.46. The summed E-state index contributed by atoms with van der Waals surface area (Å²) in [6, 6.07) is 0. The van der Waals surface area contributed by atoms with E-state index < -0.39 is 0 Å². The molecule has 1 atom stereocenters. The molecule has 4 nitrogen and oxygen atoms in total. The normalized spacial score (nSPS) is 30.6. The Labute approximate surface area is 123 Å². The second kappa shape index (κ2) is 6.73. The van der Waals surface area contributed by atoms with Crippen LogP contribution in [0.1, 0.15) is 38.5 Å². The zero-order valence-corrected chi connectivity index (χ0v) is 13.1. The summed E-state index contributed by atoms with van der Waals surface area (Å²) in [6.07, 6.45) is 8.46. The van der Waals surface area contributed by atoms with Gasteiger partial charge in [0, 0.05) is 45.8 Å². The first-order valence-electron chi connectivity index (χ1n) is 8.55. The first kappa shape index (κ1) is 14.8. The number of hydrogen-bond acceptors (Lipinski definition) is 4. The Balaban J connectivity index is 1.35. The summed E-state index contributed by atoms with van der Waals surface area (Å²) in [4.78, 5) is 5.04. The van der Waals surface area contributed by atoms with E-state index in [9.17, 15) is 0 Å². The van der Waals surface area contributed by atoms with Gasteiger partial charge in [-0.3, -0.25) is 4.90 Å². The lowest BCUT2D eigenvalue weighted by atomic mass is 9.98. The van der Waals surface area contributed by atoms with Gasteiger partial charge in [-0.15, -0.1) is 0 Å². The highest BCUT2D eigenvalue weighted by atomic mass is 16.5. The maximum absolute atomic E-state index is 6.41. The van der Waals surface area contributed by atoms with E-state index in [0.29, 0.717) is 11.7 Å². The van der Waals surface area contributed by atoms with Gasteiger partial charge in [0.2, 0.25) is 0 Å². The molecule has 2 saturated heterocycles. The largest absolute Gasteiger partial charge is 0.370 e. The fourth-order valence-corrected chi connectivity index (χ4v) is 4.10. The van der Waals surface area contributed by atoms with E-state index in [0.717, 1.165) is 19.6 Å². The number of likely N-dealkylation sites (N-methyl/N-ethyl adjacent to an activating group) is 1. The second-order valence-electron chi connectivity index (χ2n) is 7.02. The Kier molecular flexibility index (Phi) is 4.97. The molecule has 2 aliphatic heterocycles. The third-order valence-corrected chi connectivity index (χ3v) is 5.38. The van der Waals surface area contributed by atoms with Crippen molar-refractivity contribution in [2.75, 3.05) is 52.9 Å². The highest BCUT2D eigenvalue weighted by Crippen LogP contribution is 2.43. The van der Waals surface area contributed by atoms with E-state index in [2.05, 4.69) is 22.2 Å². The summed E-state index contributed by atoms with van der Waals surface area (Å²) in [5.41, 5.74) is 0.296.